The molecule has 0 atom stereocenters. The average molecular weight is 201 g/mol. The molecule has 0 fully saturated rings. The summed E-state index contributed by atoms with van der Waals surface area (Å²) in [6, 6.07) is 10.4. The van der Waals surface area contributed by atoms with Gasteiger partial charge in [-0.05, 0) is 12.5 Å². The zero-order valence-electron chi connectivity index (χ0n) is 9.07. The number of nitrogens with zero attached hydrogens (tertiary/aromatic N) is 2. The van der Waals surface area contributed by atoms with Crippen LogP contribution in [-0.2, 0) is 6.54 Å². The van der Waals surface area contributed by atoms with Crippen molar-refractivity contribution in [2.45, 2.75) is 13.5 Å². The van der Waals surface area contributed by atoms with E-state index < -0.39 is 0 Å². The predicted octanol–water partition coefficient (Wildman–Crippen LogP) is 2.28. The molecule has 0 saturated carbocycles. The molecule has 1 N–H and O–H groups in total. The summed E-state index contributed by atoms with van der Waals surface area (Å²) in [5.41, 5.74) is 2.32. The highest BCUT2D eigenvalue weighted by molar-refractivity contribution is 5.29. The molecule has 2 rings (SSSR count). The third-order valence-electron chi connectivity index (χ3n) is 2.32. The molecule has 15 heavy (non-hydrogen) atoms. The number of nitrogens with one attached hydrogen (secondary N) is 1. The lowest BCUT2D eigenvalue weighted by Gasteiger charge is -2.06. The summed E-state index contributed by atoms with van der Waals surface area (Å²) < 4.78 is 2.12. The molecule has 1 heterocycles. The second-order valence-electron chi connectivity index (χ2n) is 3.57. The van der Waals surface area contributed by atoms with Crippen molar-refractivity contribution < 1.29 is 0 Å². The molecule has 1 aromatic carbocycles. The Morgan fingerprint density at radius 1 is 1.27 bits per heavy atom. The van der Waals surface area contributed by atoms with Gasteiger partial charge in [-0.15, -0.1) is 0 Å². The van der Waals surface area contributed by atoms with Crippen LogP contribution < -0.4 is 5.32 Å². The van der Waals surface area contributed by atoms with Gasteiger partial charge in [0.15, 0.2) is 0 Å². The molecule has 3 nitrogen and oxygen atoms in total. The Morgan fingerprint density at radius 2 is 2.00 bits per heavy atom. The molecule has 3 heteroatoms. The molecule has 0 bridgehead atoms. The van der Waals surface area contributed by atoms with Gasteiger partial charge in [-0.2, -0.15) is 0 Å². The fraction of sp³-hybridized carbons (Fsp3) is 0.250. The van der Waals surface area contributed by atoms with E-state index >= 15 is 0 Å². The van der Waals surface area contributed by atoms with E-state index in [1.807, 2.05) is 20.0 Å². The van der Waals surface area contributed by atoms with E-state index in [1.165, 1.54) is 5.56 Å². The second kappa shape index (κ2) is 4.17. The van der Waals surface area contributed by atoms with Crippen LogP contribution in [-0.4, -0.2) is 16.6 Å². The van der Waals surface area contributed by atoms with Crippen molar-refractivity contribution in [1.82, 2.24) is 9.55 Å². The minimum Gasteiger partial charge on any atom is -0.359 e. The van der Waals surface area contributed by atoms with Crippen LogP contribution in [0.3, 0.4) is 0 Å². The number of aromatic nitrogens is 2. The third-order valence-corrected chi connectivity index (χ3v) is 2.32. The van der Waals surface area contributed by atoms with E-state index in [-0.39, 0.29) is 0 Å². The van der Waals surface area contributed by atoms with Crippen molar-refractivity contribution in [2.75, 3.05) is 12.4 Å². The van der Waals surface area contributed by atoms with Gasteiger partial charge in [-0.3, -0.25) is 0 Å². The quantitative estimate of drug-likeness (QED) is 0.825. The maximum absolute atomic E-state index is 4.38. The standard InChI is InChI=1S/C12H15N3/c1-10-8-15(12(13-2)14-10)9-11-6-4-3-5-7-11/h3-8H,9H2,1-2H3,(H,13,14). The van der Waals surface area contributed by atoms with Gasteiger partial charge in [-0.1, -0.05) is 30.3 Å². The van der Waals surface area contributed by atoms with Crippen LogP contribution in [0.2, 0.25) is 0 Å². The molecule has 0 aliphatic rings. The van der Waals surface area contributed by atoms with Crippen molar-refractivity contribution in [3.8, 4) is 0 Å². The summed E-state index contributed by atoms with van der Waals surface area (Å²) in [4.78, 5) is 4.38. The Hall–Kier alpha value is -1.77. The zero-order valence-corrected chi connectivity index (χ0v) is 9.07. The van der Waals surface area contributed by atoms with Crippen LogP contribution in [0.25, 0.3) is 0 Å². The Bertz CT molecular complexity index is 431. The van der Waals surface area contributed by atoms with Crippen molar-refractivity contribution in [3.63, 3.8) is 0 Å². The van der Waals surface area contributed by atoms with Gasteiger partial charge < -0.3 is 9.88 Å². The van der Waals surface area contributed by atoms with Gasteiger partial charge in [-0.25, -0.2) is 4.98 Å². The smallest absolute Gasteiger partial charge is 0.203 e. The number of hydrogen-bond acceptors (Lipinski definition) is 2. The normalized spacial score (nSPS) is 10.3. The molecule has 0 saturated heterocycles. The van der Waals surface area contributed by atoms with Crippen LogP contribution >= 0.6 is 0 Å². The SMILES string of the molecule is CNc1nc(C)cn1Cc1ccccc1. The Labute approximate surface area is 89.8 Å². The first-order valence-corrected chi connectivity index (χ1v) is 5.05. The Kier molecular flexibility index (Phi) is 2.72. The first kappa shape index (κ1) is 9.77. The fourth-order valence-corrected chi connectivity index (χ4v) is 1.65. The maximum atomic E-state index is 4.38. The highest BCUT2D eigenvalue weighted by atomic mass is 15.2. The number of aryl methyl sites for hydroxylation is 1. The van der Waals surface area contributed by atoms with Gasteiger partial charge in [0.2, 0.25) is 5.95 Å². The molecular weight excluding hydrogens is 186 g/mol. The molecule has 2 aromatic rings. The number of benzene rings is 1. The van der Waals surface area contributed by atoms with Crippen LogP contribution in [0, 0.1) is 6.92 Å². The van der Waals surface area contributed by atoms with Crippen LogP contribution in [0.15, 0.2) is 36.5 Å². The summed E-state index contributed by atoms with van der Waals surface area (Å²) in [5, 5.41) is 3.09. The molecule has 0 unspecified atom stereocenters. The fourth-order valence-electron chi connectivity index (χ4n) is 1.65. The van der Waals surface area contributed by atoms with E-state index in [2.05, 4.69) is 45.3 Å². The van der Waals surface area contributed by atoms with Crippen LogP contribution in [0.5, 0.6) is 0 Å². The first-order chi connectivity index (χ1) is 7.29. The molecule has 0 radical (unpaired) electrons. The number of hydrogen-bond donors (Lipinski definition) is 1. The minimum absolute atomic E-state index is 0.859. The molecule has 0 spiro atoms. The third kappa shape index (κ3) is 2.18. The predicted molar refractivity (Wildman–Crippen MR) is 62.1 cm³/mol. The lowest BCUT2D eigenvalue weighted by molar-refractivity contribution is 0.804. The van der Waals surface area contributed by atoms with Crippen molar-refractivity contribution in [2.24, 2.45) is 0 Å². The molecule has 1 aromatic heterocycles. The van der Waals surface area contributed by atoms with Gasteiger partial charge in [0.1, 0.15) is 0 Å². The van der Waals surface area contributed by atoms with Crippen molar-refractivity contribution in [3.05, 3.63) is 47.8 Å². The van der Waals surface area contributed by atoms with E-state index in [1.54, 1.807) is 0 Å². The number of rotatable bonds is 3. The summed E-state index contributed by atoms with van der Waals surface area (Å²) in [6.07, 6.45) is 2.05. The molecule has 0 aliphatic carbocycles. The van der Waals surface area contributed by atoms with Crippen LogP contribution in [0.4, 0.5) is 5.95 Å². The largest absolute Gasteiger partial charge is 0.359 e. The van der Waals surface area contributed by atoms with Gasteiger partial charge in [0.25, 0.3) is 0 Å². The number of imidazole rings is 1. The van der Waals surface area contributed by atoms with Gasteiger partial charge >= 0.3 is 0 Å². The van der Waals surface area contributed by atoms with Gasteiger partial charge in [0, 0.05) is 13.2 Å². The second-order valence-corrected chi connectivity index (χ2v) is 3.57. The molecule has 0 aliphatic heterocycles. The number of anilines is 1. The highest BCUT2D eigenvalue weighted by Crippen LogP contribution is 2.10. The van der Waals surface area contributed by atoms with Crippen LogP contribution in [0.1, 0.15) is 11.3 Å². The lowest BCUT2D eigenvalue weighted by Crippen LogP contribution is -2.03. The van der Waals surface area contributed by atoms with Gasteiger partial charge in [0.05, 0.1) is 12.2 Å². The first-order valence-electron chi connectivity index (χ1n) is 5.05. The summed E-state index contributed by atoms with van der Waals surface area (Å²) in [5.74, 6) is 0.913. The van der Waals surface area contributed by atoms with Crippen molar-refractivity contribution >= 4 is 5.95 Å². The van der Waals surface area contributed by atoms with E-state index in [4.69, 9.17) is 0 Å². The van der Waals surface area contributed by atoms with E-state index in [0.29, 0.717) is 0 Å². The monoisotopic (exact) mass is 201 g/mol. The van der Waals surface area contributed by atoms with E-state index in [9.17, 15) is 0 Å². The Balaban J connectivity index is 2.24. The Morgan fingerprint density at radius 3 is 2.67 bits per heavy atom. The average Bonchev–Trinajstić information content (AvgIpc) is 2.60. The topological polar surface area (TPSA) is 29.9 Å². The summed E-state index contributed by atoms with van der Waals surface area (Å²) in [6.45, 7) is 2.86. The summed E-state index contributed by atoms with van der Waals surface area (Å²) in [7, 11) is 1.89. The molecule has 0 amide bonds. The van der Waals surface area contributed by atoms with E-state index in [0.717, 1.165) is 18.2 Å². The molecular formula is C12H15N3. The molecule has 78 valence electrons. The lowest BCUT2D eigenvalue weighted by atomic mass is 10.2. The zero-order chi connectivity index (χ0) is 10.7. The highest BCUT2D eigenvalue weighted by Gasteiger charge is 2.03. The maximum Gasteiger partial charge on any atom is 0.203 e. The summed E-state index contributed by atoms with van der Waals surface area (Å²) >= 11 is 0. The minimum atomic E-state index is 0.859. The van der Waals surface area contributed by atoms with Crippen molar-refractivity contribution in [1.29, 1.82) is 0 Å².